The summed E-state index contributed by atoms with van der Waals surface area (Å²) in [5.74, 6) is -0.463. The Morgan fingerprint density at radius 1 is 1.14 bits per heavy atom. The number of anilines is 5. The predicted octanol–water partition coefficient (Wildman–Crippen LogP) is 4.63. The number of rotatable bonds is 4. The van der Waals surface area contributed by atoms with Gasteiger partial charge in [0.2, 0.25) is 11.9 Å². The second-order valence-electron chi connectivity index (χ2n) is 6.97. The van der Waals surface area contributed by atoms with Gasteiger partial charge in [-0.3, -0.25) is 4.79 Å². The van der Waals surface area contributed by atoms with Crippen molar-refractivity contribution in [1.82, 2.24) is 9.97 Å². The number of halogens is 1. The van der Waals surface area contributed by atoms with Crippen molar-refractivity contribution in [2.75, 3.05) is 16.0 Å². The second kappa shape index (κ2) is 7.25. The first-order chi connectivity index (χ1) is 13.8. The number of fused-ring (bicyclic) bond motifs is 1. The molecule has 1 aromatic heterocycles. The molecule has 1 amide bonds. The molecule has 9 heteroatoms. The van der Waals surface area contributed by atoms with Crippen LogP contribution >= 0.6 is 11.8 Å². The summed E-state index contributed by atoms with van der Waals surface area (Å²) >= 11 is 1.48. The molecule has 4 N–H and O–H groups in total. The molecule has 1 aliphatic heterocycles. The van der Waals surface area contributed by atoms with Gasteiger partial charge in [0.25, 0.3) is 0 Å². The Bertz CT molecular complexity index is 1110. The number of phenolic OH excluding ortho intramolecular Hbond substituents is 1. The van der Waals surface area contributed by atoms with Crippen LogP contribution in [0.15, 0.2) is 53.6 Å². The topological polar surface area (TPSA) is 99.2 Å². The Labute approximate surface area is 170 Å². The van der Waals surface area contributed by atoms with E-state index in [-0.39, 0.29) is 23.4 Å². The van der Waals surface area contributed by atoms with Crippen molar-refractivity contribution in [3.8, 4) is 5.75 Å². The highest BCUT2D eigenvalue weighted by Gasteiger charge is 2.34. The summed E-state index contributed by atoms with van der Waals surface area (Å²) in [5, 5.41) is 18.3. The zero-order valence-electron chi connectivity index (χ0n) is 15.7. The summed E-state index contributed by atoms with van der Waals surface area (Å²) in [6, 6.07) is 11.8. The van der Waals surface area contributed by atoms with Crippen LogP contribution < -0.4 is 16.0 Å². The lowest BCUT2D eigenvalue weighted by atomic mass is 10.1. The number of amides is 1. The number of nitrogens with zero attached hydrogens (tertiary/aromatic N) is 2. The third kappa shape index (κ3) is 4.09. The van der Waals surface area contributed by atoms with Gasteiger partial charge in [-0.25, -0.2) is 9.37 Å². The number of thioether (sulfide) groups is 1. The number of carbonyl (C=O) groups is 1. The highest BCUT2D eigenvalue weighted by atomic mass is 32.2. The summed E-state index contributed by atoms with van der Waals surface area (Å²) in [6.07, 6.45) is 1.05. The number of carbonyl (C=O) groups excluding carboxylic acids is 1. The Kier molecular flexibility index (Phi) is 4.75. The first-order valence-corrected chi connectivity index (χ1v) is 9.62. The van der Waals surface area contributed by atoms with Gasteiger partial charge in [-0.2, -0.15) is 4.98 Å². The van der Waals surface area contributed by atoms with Crippen LogP contribution in [0.3, 0.4) is 0 Å². The summed E-state index contributed by atoms with van der Waals surface area (Å²) in [4.78, 5) is 21.2. The van der Waals surface area contributed by atoms with Crippen molar-refractivity contribution in [1.29, 1.82) is 0 Å². The molecule has 4 rings (SSSR count). The van der Waals surface area contributed by atoms with Gasteiger partial charge in [0, 0.05) is 22.3 Å². The highest BCUT2D eigenvalue weighted by molar-refractivity contribution is 8.01. The molecule has 7 nitrogen and oxygen atoms in total. The number of phenols is 1. The summed E-state index contributed by atoms with van der Waals surface area (Å²) in [5.41, 5.74) is 1.81. The van der Waals surface area contributed by atoms with E-state index in [1.807, 2.05) is 19.9 Å². The van der Waals surface area contributed by atoms with Crippen LogP contribution in [0.1, 0.15) is 13.8 Å². The molecule has 0 saturated carbocycles. The Hall–Kier alpha value is -3.33. The molecular weight excluding hydrogens is 393 g/mol. The third-order valence-electron chi connectivity index (χ3n) is 4.25. The van der Waals surface area contributed by atoms with Crippen molar-refractivity contribution >= 4 is 46.5 Å². The minimum atomic E-state index is -0.622. The molecule has 0 saturated heterocycles. The first-order valence-electron chi connectivity index (χ1n) is 8.80. The van der Waals surface area contributed by atoms with Gasteiger partial charge in [0.15, 0.2) is 11.6 Å². The fraction of sp³-hybridized carbons (Fsp3) is 0.150. The van der Waals surface area contributed by atoms with E-state index in [1.54, 1.807) is 24.3 Å². The Balaban J connectivity index is 1.57. The molecule has 0 bridgehead atoms. The van der Waals surface area contributed by atoms with Crippen molar-refractivity contribution in [2.45, 2.75) is 23.5 Å². The summed E-state index contributed by atoms with van der Waals surface area (Å²) in [7, 11) is 0. The predicted molar refractivity (Wildman–Crippen MR) is 112 cm³/mol. The number of benzene rings is 2. The molecule has 1 aliphatic rings. The molecule has 0 aliphatic carbocycles. The number of aromatic nitrogens is 2. The fourth-order valence-corrected chi connectivity index (χ4v) is 3.80. The van der Waals surface area contributed by atoms with E-state index >= 15 is 0 Å². The fourth-order valence-electron chi connectivity index (χ4n) is 2.75. The second-order valence-corrected chi connectivity index (χ2v) is 8.63. The van der Waals surface area contributed by atoms with Crippen LogP contribution in [0.5, 0.6) is 5.75 Å². The maximum absolute atomic E-state index is 14.2. The van der Waals surface area contributed by atoms with Crippen molar-refractivity contribution in [2.24, 2.45) is 0 Å². The summed E-state index contributed by atoms with van der Waals surface area (Å²) in [6.45, 7) is 3.72. The third-order valence-corrected chi connectivity index (χ3v) is 5.52. The molecule has 0 radical (unpaired) electrons. The van der Waals surface area contributed by atoms with Gasteiger partial charge in [-0.05, 0) is 44.2 Å². The molecule has 3 aromatic rings. The van der Waals surface area contributed by atoms with E-state index in [1.165, 1.54) is 23.9 Å². The molecule has 0 spiro atoms. The first kappa shape index (κ1) is 19.0. The van der Waals surface area contributed by atoms with Crippen LogP contribution in [0.4, 0.5) is 33.2 Å². The number of aromatic hydroxyl groups is 1. The van der Waals surface area contributed by atoms with E-state index in [2.05, 4.69) is 25.9 Å². The van der Waals surface area contributed by atoms with Crippen LogP contribution in [0.2, 0.25) is 0 Å². The Morgan fingerprint density at radius 3 is 2.72 bits per heavy atom. The normalized spacial score (nSPS) is 14.7. The molecule has 148 valence electrons. The number of hydrogen-bond acceptors (Lipinski definition) is 7. The standard InChI is InChI=1S/C20H18FN5O2S/c1-20(2)18(28)25-15-9-12(6-7-16(15)29-20)23-17-14(21)10-22-19(26-17)24-11-4-3-5-13(27)8-11/h3-10,27H,1-2H3,(H,25,28)(H2,22,23,24,26). The Morgan fingerprint density at radius 2 is 1.93 bits per heavy atom. The lowest BCUT2D eigenvalue weighted by Crippen LogP contribution is -2.37. The maximum atomic E-state index is 14.2. The van der Waals surface area contributed by atoms with Gasteiger partial charge < -0.3 is 21.1 Å². The average Bonchev–Trinajstić information content (AvgIpc) is 2.65. The van der Waals surface area contributed by atoms with Gasteiger partial charge in [-0.15, -0.1) is 11.8 Å². The molecule has 2 heterocycles. The van der Waals surface area contributed by atoms with Crippen molar-refractivity contribution < 1.29 is 14.3 Å². The molecule has 0 unspecified atom stereocenters. The molecule has 0 fully saturated rings. The van der Waals surface area contributed by atoms with Crippen LogP contribution in [-0.2, 0) is 4.79 Å². The number of hydrogen-bond donors (Lipinski definition) is 4. The van der Waals surface area contributed by atoms with Crippen LogP contribution in [-0.4, -0.2) is 25.7 Å². The van der Waals surface area contributed by atoms with Crippen LogP contribution in [0, 0.1) is 5.82 Å². The van der Waals surface area contributed by atoms with E-state index < -0.39 is 10.6 Å². The van der Waals surface area contributed by atoms with Crippen molar-refractivity contribution in [3.05, 3.63) is 54.5 Å². The maximum Gasteiger partial charge on any atom is 0.240 e. The number of nitrogens with one attached hydrogen (secondary N) is 3. The largest absolute Gasteiger partial charge is 0.508 e. The molecule has 29 heavy (non-hydrogen) atoms. The average molecular weight is 411 g/mol. The van der Waals surface area contributed by atoms with Gasteiger partial charge >= 0.3 is 0 Å². The van der Waals surface area contributed by atoms with Crippen molar-refractivity contribution in [3.63, 3.8) is 0 Å². The minimum absolute atomic E-state index is 0.0160. The lowest BCUT2D eigenvalue weighted by Gasteiger charge is -2.30. The van der Waals surface area contributed by atoms with Gasteiger partial charge in [0.05, 0.1) is 16.6 Å². The monoisotopic (exact) mass is 411 g/mol. The zero-order valence-corrected chi connectivity index (χ0v) is 16.5. The molecular formula is C20H18FN5O2S. The van der Waals surface area contributed by atoms with E-state index in [0.717, 1.165) is 11.1 Å². The molecule has 2 aromatic carbocycles. The van der Waals surface area contributed by atoms with Gasteiger partial charge in [0.1, 0.15) is 5.75 Å². The van der Waals surface area contributed by atoms with Gasteiger partial charge in [-0.1, -0.05) is 6.07 Å². The van der Waals surface area contributed by atoms with E-state index in [0.29, 0.717) is 17.1 Å². The van der Waals surface area contributed by atoms with E-state index in [4.69, 9.17) is 0 Å². The minimum Gasteiger partial charge on any atom is -0.508 e. The zero-order chi connectivity index (χ0) is 20.6. The molecule has 0 atom stereocenters. The summed E-state index contributed by atoms with van der Waals surface area (Å²) < 4.78 is 13.7. The SMILES string of the molecule is CC1(C)Sc2ccc(Nc3nc(Nc4cccc(O)c4)ncc3F)cc2NC1=O. The lowest BCUT2D eigenvalue weighted by molar-refractivity contribution is -0.117. The highest BCUT2D eigenvalue weighted by Crippen LogP contribution is 2.43. The van der Waals surface area contributed by atoms with E-state index in [9.17, 15) is 14.3 Å². The quantitative estimate of drug-likeness (QED) is 0.497. The smallest absolute Gasteiger partial charge is 0.240 e. The van der Waals surface area contributed by atoms with Crippen LogP contribution in [0.25, 0.3) is 0 Å².